The number of carbonyl (C=O) groups excluding carboxylic acids is 1. The molecule has 0 spiro atoms. The maximum Gasteiger partial charge on any atom is 0.358 e. The minimum atomic E-state index is -1.12. The van der Waals surface area contributed by atoms with Crippen molar-refractivity contribution in [1.29, 1.82) is 0 Å². The quantitative estimate of drug-likeness (QED) is 0.587. The van der Waals surface area contributed by atoms with Crippen LogP contribution < -0.4 is 11.1 Å². The summed E-state index contributed by atoms with van der Waals surface area (Å²) >= 11 is 0. The van der Waals surface area contributed by atoms with E-state index in [4.69, 9.17) is 10.8 Å². The van der Waals surface area contributed by atoms with Crippen molar-refractivity contribution < 1.29 is 14.7 Å². The van der Waals surface area contributed by atoms with Crippen LogP contribution >= 0.6 is 0 Å². The van der Waals surface area contributed by atoms with Crippen molar-refractivity contribution in [1.82, 2.24) is 20.3 Å². The van der Waals surface area contributed by atoms with E-state index in [0.717, 1.165) is 0 Å². The molecule has 1 aromatic rings. The predicted molar refractivity (Wildman–Crippen MR) is 62.9 cm³/mol. The third-order valence-corrected chi connectivity index (χ3v) is 2.25. The Kier molecular flexibility index (Phi) is 5.25. The smallest absolute Gasteiger partial charge is 0.358 e. The summed E-state index contributed by atoms with van der Waals surface area (Å²) in [6.07, 6.45) is 2.34. The molecular weight excluding hydrogens is 238 g/mol. The molecule has 100 valence electrons. The van der Waals surface area contributed by atoms with Crippen LogP contribution in [0.1, 0.15) is 30.3 Å². The van der Waals surface area contributed by atoms with Gasteiger partial charge in [0.05, 0.1) is 12.7 Å². The summed E-state index contributed by atoms with van der Waals surface area (Å²) in [6, 6.07) is 0.00388. The predicted octanol–water partition coefficient (Wildman–Crippen LogP) is -0.780. The zero-order valence-corrected chi connectivity index (χ0v) is 10.2. The van der Waals surface area contributed by atoms with Gasteiger partial charge in [0.1, 0.15) is 0 Å². The monoisotopic (exact) mass is 255 g/mol. The maximum atomic E-state index is 11.3. The number of nitrogens with zero attached hydrogens (tertiary/aromatic N) is 3. The van der Waals surface area contributed by atoms with Crippen LogP contribution in [-0.2, 0) is 11.3 Å². The normalized spacial score (nSPS) is 12.1. The molecule has 0 aliphatic carbocycles. The number of carbonyl (C=O) groups is 2. The van der Waals surface area contributed by atoms with Crippen molar-refractivity contribution in [3.63, 3.8) is 0 Å². The Hall–Kier alpha value is -1.96. The molecule has 1 unspecified atom stereocenters. The molecule has 8 nitrogen and oxygen atoms in total. The van der Waals surface area contributed by atoms with E-state index >= 15 is 0 Å². The number of aromatic carboxylic acids is 1. The summed E-state index contributed by atoms with van der Waals surface area (Å²) in [4.78, 5) is 21.9. The van der Waals surface area contributed by atoms with Crippen LogP contribution in [0.25, 0.3) is 0 Å². The number of rotatable bonds is 7. The van der Waals surface area contributed by atoms with Crippen LogP contribution in [0.2, 0.25) is 0 Å². The van der Waals surface area contributed by atoms with E-state index in [0.29, 0.717) is 25.9 Å². The van der Waals surface area contributed by atoms with E-state index in [2.05, 4.69) is 15.6 Å². The average Bonchev–Trinajstić information content (AvgIpc) is 2.75. The first kappa shape index (κ1) is 14.1. The van der Waals surface area contributed by atoms with E-state index in [-0.39, 0.29) is 17.6 Å². The maximum absolute atomic E-state index is 11.3. The summed E-state index contributed by atoms with van der Waals surface area (Å²) in [6.45, 7) is 2.60. The number of carboxylic acid groups (broad SMARTS) is 1. The molecular formula is C10H17N5O3. The van der Waals surface area contributed by atoms with Crippen molar-refractivity contribution in [2.75, 3.05) is 6.54 Å². The van der Waals surface area contributed by atoms with Crippen molar-refractivity contribution >= 4 is 11.9 Å². The van der Waals surface area contributed by atoms with Gasteiger partial charge in [0, 0.05) is 19.0 Å². The summed E-state index contributed by atoms with van der Waals surface area (Å²) in [7, 11) is 0. The molecule has 18 heavy (non-hydrogen) atoms. The molecule has 1 rings (SSSR count). The Morgan fingerprint density at radius 1 is 1.61 bits per heavy atom. The third kappa shape index (κ3) is 4.91. The molecule has 0 aromatic carbocycles. The lowest BCUT2D eigenvalue weighted by Gasteiger charge is -2.06. The third-order valence-electron chi connectivity index (χ3n) is 2.25. The van der Waals surface area contributed by atoms with Gasteiger partial charge in [-0.25, -0.2) is 9.48 Å². The number of hydrogen-bond acceptors (Lipinski definition) is 5. The highest BCUT2D eigenvalue weighted by molar-refractivity contribution is 5.84. The van der Waals surface area contributed by atoms with Gasteiger partial charge in [-0.2, -0.15) is 0 Å². The first-order valence-corrected chi connectivity index (χ1v) is 5.64. The zero-order valence-electron chi connectivity index (χ0n) is 10.2. The van der Waals surface area contributed by atoms with Crippen LogP contribution in [0.5, 0.6) is 0 Å². The fourth-order valence-corrected chi connectivity index (χ4v) is 1.26. The first-order chi connectivity index (χ1) is 8.49. The first-order valence-electron chi connectivity index (χ1n) is 5.64. The number of nitrogens with two attached hydrogens (primary N) is 1. The molecule has 1 aromatic heterocycles. The van der Waals surface area contributed by atoms with Gasteiger partial charge < -0.3 is 16.2 Å². The van der Waals surface area contributed by atoms with Crippen molar-refractivity contribution in [3.05, 3.63) is 11.9 Å². The van der Waals surface area contributed by atoms with Crippen molar-refractivity contribution in [2.24, 2.45) is 5.73 Å². The number of aromatic nitrogens is 3. The molecule has 0 saturated heterocycles. The highest BCUT2D eigenvalue weighted by Gasteiger charge is 2.08. The lowest BCUT2D eigenvalue weighted by Crippen LogP contribution is -2.28. The van der Waals surface area contributed by atoms with E-state index in [1.807, 2.05) is 6.92 Å². The minimum absolute atomic E-state index is 0.00388. The standard InChI is InChI=1S/C10H17N5O3/c1-7(11)2-3-9(16)12-4-5-15-6-8(10(17)18)13-14-15/h6-7H,2-5,11H2,1H3,(H,12,16)(H,17,18). The van der Waals surface area contributed by atoms with Crippen LogP contribution in [-0.4, -0.2) is 44.6 Å². The molecule has 4 N–H and O–H groups in total. The van der Waals surface area contributed by atoms with E-state index in [9.17, 15) is 9.59 Å². The largest absolute Gasteiger partial charge is 0.476 e. The molecule has 0 fully saturated rings. The second kappa shape index (κ2) is 6.70. The molecule has 1 amide bonds. The van der Waals surface area contributed by atoms with Crippen LogP contribution in [0.15, 0.2) is 6.20 Å². The molecule has 0 aliphatic rings. The van der Waals surface area contributed by atoms with Gasteiger partial charge in [-0.15, -0.1) is 5.10 Å². The summed E-state index contributed by atoms with van der Waals surface area (Å²) in [5, 5.41) is 18.4. The van der Waals surface area contributed by atoms with E-state index in [1.165, 1.54) is 10.9 Å². The van der Waals surface area contributed by atoms with Gasteiger partial charge in [-0.3, -0.25) is 4.79 Å². The van der Waals surface area contributed by atoms with Gasteiger partial charge in [0.15, 0.2) is 5.69 Å². The lowest BCUT2D eigenvalue weighted by atomic mass is 10.2. The average molecular weight is 255 g/mol. The lowest BCUT2D eigenvalue weighted by molar-refractivity contribution is -0.121. The summed E-state index contributed by atoms with van der Waals surface area (Å²) in [5.41, 5.74) is 5.42. The number of amides is 1. The molecule has 0 bridgehead atoms. The molecule has 0 saturated carbocycles. The Labute approximate surface area is 104 Å². The zero-order chi connectivity index (χ0) is 13.5. The van der Waals surface area contributed by atoms with Crippen molar-refractivity contribution in [3.8, 4) is 0 Å². The number of hydrogen-bond donors (Lipinski definition) is 3. The Morgan fingerprint density at radius 2 is 2.33 bits per heavy atom. The minimum Gasteiger partial charge on any atom is -0.476 e. The second-order valence-corrected chi connectivity index (χ2v) is 4.04. The van der Waals surface area contributed by atoms with Crippen molar-refractivity contribution in [2.45, 2.75) is 32.4 Å². The van der Waals surface area contributed by atoms with Gasteiger partial charge in [0.25, 0.3) is 0 Å². The molecule has 0 radical (unpaired) electrons. The molecule has 1 heterocycles. The fourth-order valence-electron chi connectivity index (χ4n) is 1.26. The van der Waals surface area contributed by atoms with Gasteiger partial charge >= 0.3 is 5.97 Å². The second-order valence-electron chi connectivity index (χ2n) is 4.04. The molecule has 0 aliphatic heterocycles. The van der Waals surface area contributed by atoms with Crippen LogP contribution in [0, 0.1) is 0 Å². The Morgan fingerprint density at radius 3 is 2.89 bits per heavy atom. The van der Waals surface area contributed by atoms with Gasteiger partial charge in [-0.1, -0.05) is 5.21 Å². The molecule has 1 atom stereocenters. The highest BCUT2D eigenvalue weighted by atomic mass is 16.4. The summed E-state index contributed by atoms with van der Waals surface area (Å²) < 4.78 is 1.37. The number of nitrogens with one attached hydrogen (secondary N) is 1. The fraction of sp³-hybridized carbons (Fsp3) is 0.600. The van der Waals surface area contributed by atoms with Gasteiger partial charge in [-0.05, 0) is 13.3 Å². The van der Waals surface area contributed by atoms with Crippen LogP contribution in [0.4, 0.5) is 0 Å². The SMILES string of the molecule is CC(N)CCC(=O)NCCn1cc(C(=O)O)nn1. The Bertz CT molecular complexity index is 415. The van der Waals surface area contributed by atoms with Crippen LogP contribution in [0.3, 0.4) is 0 Å². The molecule has 8 heteroatoms. The van der Waals surface area contributed by atoms with Gasteiger partial charge in [0.2, 0.25) is 5.91 Å². The van der Waals surface area contributed by atoms with E-state index < -0.39 is 5.97 Å². The van der Waals surface area contributed by atoms with E-state index in [1.54, 1.807) is 0 Å². The Balaban J connectivity index is 2.24. The number of carboxylic acids is 1. The summed E-state index contributed by atoms with van der Waals surface area (Å²) in [5.74, 6) is -1.20. The topological polar surface area (TPSA) is 123 Å². The highest BCUT2D eigenvalue weighted by Crippen LogP contribution is 1.94.